The molecule has 1 amide bonds. The van der Waals surface area contributed by atoms with Gasteiger partial charge >= 0.3 is 0 Å². The van der Waals surface area contributed by atoms with E-state index >= 15 is 0 Å². The number of methoxy groups -OCH3 is 1. The van der Waals surface area contributed by atoms with Crippen LogP contribution in [0.25, 0.3) is 10.8 Å². The SMILES string of the molecule is COc1ccc2cc(CNC(=O)[C@@H]3CC[C@H](CN)O3)ccc2c1. The fraction of sp³-hybridized carbons (Fsp3) is 0.389. The summed E-state index contributed by atoms with van der Waals surface area (Å²) in [4.78, 5) is 12.1. The van der Waals surface area contributed by atoms with E-state index in [1.807, 2.05) is 30.3 Å². The minimum Gasteiger partial charge on any atom is -0.497 e. The molecular formula is C18H22N2O3. The highest BCUT2D eigenvalue weighted by Gasteiger charge is 2.29. The second-order valence-corrected chi connectivity index (χ2v) is 5.83. The molecule has 0 unspecified atom stereocenters. The van der Waals surface area contributed by atoms with Crippen LogP contribution in [-0.4, -0.2) is 31.8 Å². The first-order chi connectivity index (χ1) is 11.2. The van der Waals surface area contributed by atoms with E-state index in [2.05, 4.69) is 11.4 Å². The van der Waals surface area contributed by atoms with E-state index in [9.17, 15) is 4.79 Å². The number of carbonyl (C=O) groups is 1. The summed E-state index contributed by atoms with van der Waals surface area (Å²) in [6, 6.07) is 12.1. The molecule has 1 saturated heterocycles. The molecule has 0 aromatic heterocycles. The molecule has 0 saturated carbocycles. The van der Waals surface area contributed by atoms with Gasteiger partial charge in [-0.2, -0.15) is 0 Å². The number of nitrogens with one attached hydrogen (secondary N) is 1. The Kier molecular flexibility index (Phi) is 4.79. The van der Waals surface area contributed by atoms with Crippen LogP contribution in [0.5, 0.6) is 5.75 Å². The molecule has 2 aromatic rings. The molecule has 122 valence electrons. The topological polar surface area (TPSA) is 73.6 Å². The van der Waals surface area contributed by atoms with E-state index in [1.165, 1.54) is 0 Å². The first-order valence-electron chi connectivity index (χ1n) is 7.89. The number of fused-ring (bicyclic) bond motifs is 1. The van der Waals surface area contributed by atoms with Crippen molar-refractivity contribution in [1.29, 1.82) is 0 Å². The minimum absolute atomic E-state index is 0.0152. The number of amides is 1. The summed E-state index contributed by atoms with van der Waals surface area (Å²) >= 11 is 0. The summed E-state index contributed by atoms with van der Waals surface area (Å²) in [5.74, 6) is 0.780. The first-order valence-corrected chi connectivity index (χ1v) is 7.89. The molecule has 2 aromatic carbocycles. The van der Waals surface area contributed by atoms with E-state index in [-0.39, 0.29) is 18.1 Å². The van der Waals surface area contributed by atoms with Crippen LogP contribution in [0, 0.1) is 0 Å². The number of hydrogen-bond acceptors (Lipinski definition) is 4. The molecule has 5 nitrogen and oxygen atoms in total. The summed E-state index contributed by atoms with van der Waals surface area (Å²) in [5, 5.41) is 5.18. The van der Waals surface area contributed by atoms with Gasteiger partial charge in [-0.3, -0.25) is 4.79 Å². The quantitative estimate of drug-likeness (QED) is 0.885. The van der Waals surface area contributed by atoms with Crippen molar-refractivity contribution in [2.45, 2.75) is 31.6 Å². The van der Waals surface area contributed by atoms with Crippen LogP contribution in [0.15, 0.2) is 36.4 Å². The molecule has 1 heterocycles. The van der Waals surface area contributed by atoms with Gasteiger partial charge in [0.25, 0.3) is 0 Å². The summed E-state index contributed by atoms with van der Waals surface area (Å²) in [7, 11) is 1.66. The number of nitrogens with two attached hydrogens (primary N) is 1. The maximum atomic E-state index is 12.1. The van der Waals surface area contributed by atoms with E-state index in [0.717, 1.165) is 34.9 Å². The smallest absolute Gasteiger partial charge is 0.249 e. The molecule has 0 bridgehead atoms. The summed E-state index contributed by atoms with van der Waals surface area (Å²) in [6.07, 6.45) is 1.24. The van der Waals surface area contributed by atoms with Crippen LogP contribution in [0.2, 0.25) is 0 Å². The van der Waals surface area contributed by atoms with Crippen LogP contribution in [0.3, 0.4) is 0 Å². The third-order valence-electron chi connectivity index (χ3n) is 4.24. The van der Waals surface area contributed by atoms with Gasteiger partial charge in [-0.15, -0.1) is 0 Å². The molecule has 23 heavy (non-hydrogen) atoms. The third kappa shape index (κ3) is 3.63. The molecule has 1 fully saturated rings. The summed E-state index contributed by atoms with van der Waals surface area (Å²) in [5.41, 5.74) is 6.63. The number of benzene rings is 2. The Labute approximate surface area is 135 Å². The molecule has 0 spiro atoms. The van der Waals surface area contributed by atoms with Gasteiger partial charge in [0.1, 0.15) is 11.9 Å². The lowest BCUT2D eigenvalue weighted by Gasteiger charge is -2.13. The van der Waals surface area contributed by atoms with Gasteiger partial charge < -0.3 is 20.5 Å². The fourth-order valence-electron chi connectivity index (χ4n) is 2.89. The highest BCUT2D eigenvalue weighted by Crippen LogP contribution is 2.22. The van der Waals surface area contributed by atoms with Gasteiger partial charge in [0.2, 0.25) is 5.91 Å². The second kappa shape index (κ2) is 6.98. The molecule has 0 aliphatic carbocycles. The average molecular weight is 314 g/mol. The maximum absolute atomic E-state index is 12.1. The van der Waals surface area contributed by atoms with Crippen LogP contribution >= 0.6 is 0 Å². The number of carbonyl (C=O) groups excluding carboxylic acids is 1. The Bertz CT molecular complexity index is 702. The molecule has 1 aliphatic rings. The Hall–Kier alpha value is -2.11. The highest BCUT2D eigenvalue weighted by atomic mass is 16.5. The molecule has 3 N–H and O–H groups in total. The van der Waals surface area contributed by atoms with Gasteiger partial charge in [-0.1, -0.05) is 18.2 Å². The zero-order valence-corrected chi connectivity index (χ0v) is 13.2. The monoisotopic (exact) mass is 314 g/mol. The summed E-state index contributed by atoms with van der Waals surface area (Å²) in [6.45, 7) is 0.964. The number of ether oxygens (including phenoxy) is 2. The van der Waals surface area contributed by atoms with Crippen molar-refractivity contribution in [3.05, 3.63) is 42.0 Å². The van der Waals surface area contributed by atoms with Crippen molar-refractivity contribution in [3.8, 4) is 5.75 Å². The summed E-state index contributed by atoms with van der Waals surface area (Å²) < 4.78 is 10.8. The third-order valence-corrected chi connectivity index (χ3v) is 4.24. The average Bonchev–Trinajstić information content (AvgIpc) is 3.08. The Balaban J connectivity index is 1.62. The van der Waals surface area contributed by atoms with E-state index < -0.39 is 0 Å². The molecule has 2 atom stereocenters. The Morgan fingerprint density at radius 1 is 1.26 bits per heavy atom. The van der Waals surface area contributed by atoms with Gasteiger partial charge in [0.05, 0.1) is 13.2 Å². The fourth-order valence-corrected chi connectivity index (χ4v) is 2.89. The van der Waals surface area contributed by atoms with Crippen molar-refractivity contribution in [2.75, 3.05) is 13.7 Å². The van der Waals surface area contributed by atoms with Crippen LogP contribution in [0.4, 0.5) is 0 Å². The van der Waals surface area contributed by atoms with Crippen molar-refractivity contribution in [3.63, 3.8) is 0 Å². The van der Waals surface area contributed by atoms with Crippen molar-refractivity contribution in [1.82, 2.24) is 5.32 Å². The van der Waals surface area contributed by atoms with Crippen LogP contribution < -0.4 is 15.8 Å². The lowest BCUT2D eigenvalue weighted by atomic mass is 10.1. The standard InChI is InChI=1S/C18H22N2O3/c1-22-15-5-4-13-8-12(2-3-14(13)9-15)11-20-18(21)17-7-6-16(10-19)23-17/h2-5,8-9,16-17H,6-7,10-11,19H2,1H3,(H,20,21)/t16-,17+/m1/s1. The van der Waals surface area contributed by atoms with Crippen molar-refractivity contribution >= 4 is 16.7 Å². The van der Waals surface area contributed by atoms with Crippen molar-refractivity contribution in [2.24, 2.45) is 5.73 Å². The Morgan fingerprint density at radius 2 is 2.04 bits per heavy atom. The number of hydrogen-bond donors (Lipinski definition) is 2. The molecule has 1 aliphatic heterocycles. The molecule has 0 radical (unpaired) electrons. The van der Waals surface area contributed by atoms with E-state index in [1.54, 1.807) is 7.11 Å². The second-order valence-electron chi connectivity index (χ2n) is 5.83. The first kappa shape index (κ1) is 15.8. The van der Waals surface area contributed by atoms with Crippen molar-refractivity contribution < 1.29 is 14.3 Å². The predicted octanol–water partition coefficient (Wildman–Crippen LogP) is 1.97. The normalized spacial score (nSPS) is 20.6. The van der Waals surface area contributed by atoms with E-state index in [4.69, 9.17) is 15.2 Å². The molecule has 5 heteroatoms. The molecular weight excluding hydrogens is 292 g/mol. The van der Waals surface area contributed by atoms with E-state index in [0.29, 0.717) is 13.1 Å². The lowest BCUT2D eigenvalue weighted by Crippen LogP contribution is -2.35. The zero-order chi connectivity index (χ0) is 16.2. The highest BCUT2D eigenvalue weighted by molar-refractivity contribution is 5.85. The Morgan fingerprint density at radius 3 is 2.78 bits per heavy atom. The largest absolute Gasteiger partial charge is 0.497 e. The van der Waals surface area contributed by atoms with Crippen LogP contribution in [0.1, 0.15) is 18.4 Å². The minimum atomic E-state index is -0.367. The predicted molar refractivity (Wildman–Crippen MR) is 89.3 cm³/mol. The molecule has 3 rings (SSSR count). The maximum Gasteiger partial charge on any atom is 0.249 e. The van der Waals surface area contributed by atoms with Crippen LogP contribution in [-0.2, 0) is 16.1 Å². The van der Waals surface area contributed by atoms with Gasteiger partial charge in [-0.25, -0.2) is 0 Å². The lowest BCUT2D eigenvalue weighted by molar-refractivity contribution is -0.132. The zero-order valence-electron chi connectivity index (χ0n) is 13.2. The number of rotatable bonds is 5. The van der Waals surface area contributed by atoms with Gasteiger partial charge in [0.15, 0.2) is 0 Å². The van der Waals surface area contributed by atoms with Gasteiger partial charge in [-0.05, 0) is 47.4 Å². The van der Waals surface area contributed by atoms with Gasteiger partial charge in [0, 0.05) is 13.1 Å².